The molecule has 0 heterocycles. The van der Waals surface area contributed by atoms with Crippen LogP contribution in [0.4, 0.5) is 8.78 Å². The van der Waals surface area contributed by atoms with E-state index in [1.165, 1.54) is 30.4 Å². The van der Waals surface area contributed by atoms with Gasteiger partial charge in [0.15, 0.2) is 11.5 Å². The van der Waals surface area contributed by atoms with E-state index in [9.17, 15) is 18.4 Å². The standard InChI is InChI=1S/C17H22ClF2NO5/c1-21(24-2)15(22)7-5-3-4-6-10-25-14-11-12(16(18)23)8-9-13(14)26-17(19)20/h8-9,11,17H,3-7,10H2,1-2H3. The zero-order chi connectivity index (χ0) is 19.5. The minimum atomic E-state index is -3.00. The largest absolute Gasteiger partial charge is 0.490 e. The van der Waals surface area contributed by atoms with E-state index in [-0.39, 0.29) is 29.6 Å². The summed E-state index contributed by atoms with van der Waals surface area (Å²) < 4.78 is 34.7. The maximum atomic E-state index is 12.4. The fourth-order valence-corrected chi connectivity index (χ4v) is 2.23. The number of carbonyl (C=O) groups excluding carboxylic acids is 2. The lowest BCUT2D eigenvalue weighted by Crippen LogP contribution is -2.24. The third-order valence-corrected chi connectivity index (χ3v) is 3.77. The van der Waals surface area contributed by atoms with E-state index in [2.05, 4.69) is 4.74 Å². The molecule has 0 unspecified atom stereocenters. The summed E-state index contributed by atoms with van der Waals surface area (Å²) in [5.74, 6) is -0.219. The van der Waals surface area contributed by atoms with Crippen molar-refractivity contribution in [1.29, 1.82) is 0 Å². The molecule has 0 bridgehead atoms. The first-order valence-electron chi connectivity index (χ1n) is 8.07. The second-order valence-corrected chi connectivity index (χ2v) is 5.74. The average molecular weight is 394 g/mol. The van der Waals surface area contributed by atoms with Gasteiger partial charge in [-0.15, -0.1) is 0 Å². The van der Waals surface area contributed by atoms with E-state index < -0.39 is 11.9 Å². The van der Waals surface area contributed by atoms with Crippen molar-refractivity contribution in [2.75, 3.05) is 20.8 Å². The highest BCUT2D eigenvalue weighted by Gasteiger charge is 2.14. The number of halogens is 3. The van der Waals surface area contributed by atoms with Crippen molar-refractivity contribution in [3.8, 4) is 11.5 Å². The van der Waals surface area contributed by atoms with Crippen molar-refractivity contribution in [1.82, 2.24) is 5.06 Å². The minimum Gasteiger partial charge on any atom is -0.490 e. The van der Waals surface area contributed by atoms with Crippen LogP contribution in [-0.4, -0.2) is 43.6 Å². The quantitative estimate of drug-likeness (QED) is 0.305. The molecule has 0 saturated heterocycles. The SMILES string of the molecule is CON(C)C(=O)CCCCCCOc1cc(C(=O)Cl)ccc1OC(F)F. The van der Waals surface area contributed by atoms with Crippen LogP contribution in [0.3, 0.4) is 0 Å². The van der Waals surface area contributed by atoms with E-state index in [1.807, 2.05) is 0 Å². The van der Waals surface area contributed by atoms with Crippen molar-refractivity contribution < 1.29 is 32.7 Å². The third kappa shape index (κ3) is 7.97. The van der Waals surface area contributed by atoms with Crippen LogP contribution < -0.4 is 9.47 Å². The third-order valence-electron chi connectivity index (χ3n) is 3.55. The van der Waals surface area contributed by atoms with E-state index in [0.29, 0.717) is 19.3 Å². The van der Waals surface area contributed by atoms with Crippen molar-refractivity contribution in [2.24, 2.45) is 0 Å². The summed E-state index contributed by atoms with van der Waals surface area (Å²) in [4.78, 5) is 27.5. The van der Waals surface area contributed by atoms with E-state index in [0.717, 1.165) is 12.8 Å². The molecule has 0 atom stereocenters. The maximum absolute atomic E-state index is 12.4. The van der Waals surface area contributed by atoms with Gasteiger partial charge in [-0.2, -0.15) is 8.78 Å². The van der Waals surface area contributed by atoms with Crippen LogP contribution in [-0.2, 0) is 9.63 Å². The molecule has 0 N–H and O–H groups in total. The number of rotatable bonds is 12. The van der Waals surface area contributed by atoms with Gasteiger partial charge in [0.25, 0.3) is 5.24 Å². The summed E-state index contributed by atoms with van der Waals surface area (Å²) in [5, 5.41) is 0.461. The lowest BCUT2D eigenvalue weighted by Gasteiger charge is -2.13. The summed E-state index contributed by atoms with van der Waals surface area (Å²) in [6, 6.07) is 3.77. The number of benzene rings is 1. The predicted octanol–water partition coefficient (Wildman–Crippen LogP) is 4.02. The van der Waals surface area contributed by atoms with Crippen LogP contribution in [0.25, 0.3) is 0 Å². The monoisotopic (exact) mass is 393 g/mol. The average Bonchev–Trinajstić information content (AvgIpc) is 2.60. The molecule has 1 rings (SSSR count). The maximum Gasteiger partial charge on any atom is 0.387 e. The molecular weight excluding hydrogens is 372 g/mol. The Hall–Kier alpha value is -1.93. The zero-order valence-corrected chi connectivity index (χ0v) is 15.4. The first-order valence-corrected chi connectivity index (χ1v) is 8.45. The topological polar surface area (TPSA) is 65.1 Å². The summed E-state index contributed by atoms with van der Waals surface area (Å²) in [6.07, 6.45) is 3.36. The Labute approximate surface area is 155 Å². The van der Waals surface area contributed by atoms with Gasteiger partial charge in [-0.3, -0.25) is 14.4 Å². The van der Waals surface area contributed by atoms with Gasteiger partial charge < -0.3 is 9.47 Å². The van der Waals surface area contributed by atoms with Crippen LogP contribution in [0.1, 0.15) is 42.5 Å². The van der Waals surface area contributed by atoms with Gasteiger partial charge in [0, 0.05) is 19.0 Å². The Bertz CT molecular complexity index is 601. The summed E-state index contributed by atoms with van der Waals surface area (Å²) in [7, 11) is 2.98. The van der Waals surface area contributed by atoms with E-state index in [1.54, 1.807) is 7.05 Å². The Morgan fingerprint density at radius 2 is 1.85 bits per heavy atom. The Morgan fingerprint density at radius 1 is 1.15 bits per heavy atom. The smallest absolute Gasteiger partial charge is 0.387 e. The van der Waals surface area contributed by atoms with Crippen LogP contribution >= 0.6 is 11.6 Å². The number of alkyl halides is 2. The second kappa shape index (κ2) is 11.6. The van der Waals surface area contributed by atoms with Gasteiger partial charge in [0.2, 0.25) is 5.91 Å². The molecule has 6 nitrogen and oxygen atoms in total. The van der Waals surface area contributed by atoms with Crippen molar-refractivity contribution in [3.63, 3.8) is 0 Å². The van der Waals surface area contributed by atoms with Crippen LogP contribution in [0.2, 0.25) is 0 Å². The van der Waals surface area contributed by atoms with E-state index >= 15 is 0 Å². The molecule has 9 heteroatoms. The molecule has 0 aliphatic carbocycles. The Morgan fingerprint density at radius 3 is 2.46 bits per heavy atom. The normalized spacial score (nSPS) is 10.7. The molecule has 0 fully saturated rings. The van der Waals surface area contributed by atoms with Crippen molar-refractivity contribution >= 4 is 22.8 Å². The fourth-order valence-electron chi connectivity index (χ4n) is 2.11. The van der Waals surface area contributed by atoms with Gasteiger partial charge in [-0.25, -0.2) is 5.06 Å². The lowest BCUT2D eigenvalue weighted by molar-refractivity contribution is -0.168. The summed E-state index contributed by atoms with van der Waals surface area (Å²) >= 11 is 5.39. The molecule has 1 aromatic rings. The predicted molar refractivity (Wildman–Crippen MR) is 91.6 cm³/mol. The number of hydrogen-bond donors (Lipinski definition) is 0. The van der Waals surface area contributed by atoms with Crippen molar-refractivity contribution in [2.45, 2.75) is 38.7 Å². The first kappa shape index (κ1) is 22.1. The van der Waals surface area contributed by atoms with Crippen molar-refractivity contribution in [3.05, 3.63) is 23.8 Å². The lowest BCUT2D eigenvalue weighted by atomic mass is 10.1. The number of nitrogens with zero attached hydrogens (tertiary/aromatic N) is 1. The molecule has 26 heavy (non-hydrogen) atoms. The Kier molecular flexibility index (Phi) is 9.90. The van der Waals surface area contributed by atoms with Crippen LogP contribution in [0.15, 0.2) is 18.2 Å². The zero-order valence-electron chi connectivity index (χ0n) is 14.7. The van der Waals surface area contributed by atoms with Gasteiger partial charge in [-0.1, -0.05) is 12.8 Å². The van der Waals surface area contributed by atoms with Gasteiger partial charge in [-0.05, 0) is 42.6 Å². The molecule has 0 aliphatic heterocycles. The van der Waals surface area contributed by atoms with E-state index in [4.69, 9.17) is 21.2 Å². The first-order chi connectivity index (χ1) is 12.3. The van der Waals surface area contributed by atoms with Gasteiger partial charge in [0.1, 0.15) is 0 Å². The fraction of sp³-hybridized carbons (Fsp3) is 0.529. The molecule has 1 amide bonds. The molecule has 0 saturated carbocycles. The molecule has 0 spiro atoms. The number of unbranched alkanes of at least 4 members (excludes halogenated alkanes) is 3. The molecular formula is C17H22ClF2NO5. The second-order valence-electron chi connectivity index (χ2n) is 5.40. The highest BCUT2D eigenvalue weighted by atomic mass is 35.5. The minimum absolute atomic E-state index is 0.0358. The van der Waals surface area contributed by atoms with Crippen LogP contribution in [0, 0.1) is 0 Å². The van der Waals surface area contributed by atoms with Gasteiger partial charge >= 0.3 is 6.61 Å². The summed E-state index contributed by atoms with van der Waals surface area (Å²) in [5.41, 5.74) is 0.129. The molecule has 0 aliphatic rings. The highest BCUT2D eigenvalue weighted by molar-refractivity contribution is 6.67. The molecule has 0 radical (unpaired) electrons. The summed E-state index contributed by atoms with van der Waals surface area (Å²) in [6.45, 7) is -2.75. The number of carbonyl (C=O) groups is 2. The number of hydroxylamine groups is 2. The number of hydrogen-bond acceptors (Lipinski definition) is 5. The number of ether oxygens (including phenoxy) is 2. The molecule has 146 valence electrons. The van der Waals surface area contributed by atoms with Gasteiger partial charge in [0.05, 0.1) is 13.7 Å². The number of amides is 1. The molecule has 1 aromatic carbocycles. The van der Waals surface area contributed by atoms with Crippen LogP contribution in [0.5, 0.6) is 11.5 Å². The Balaban J connectivity index is 2.40. The highest BCUT2D eigenvalue weighted by Crippen LogP contribution is 2.30. The molecule has 0 aromatic heterocycles.